The molecule has 4 amide bonds. The van der Waals surface area contributed by atoms with E-state index in [4.69, 9.17) is 0 Å². The number of anilines is 1. The van der Waals surface area contributed by atoms with Gasteiger partial charge in [0.15, 0.2) is 0 Å². The van der Waals surface area contributed by atoms with Crippen LogP contribution in [0.15, 0.2) is 42.5 Å². The van der Waals surface area contributed by atoms with Crippen molar-refractivity contribution in [3.8, 4) is 0 Å². The molecule has 0 bridgehead atoms. The summed E-state index contributed by atoms with van der Waals surface area (Å²) in [6, 6.07) is 13.2. The third-order valence-electron chi connectivity index (χ3n) is 6.19. The normalized spacial score (nSPS) is 19.9. The Bertz CT molecular complexity index is 1030. The first-order valence-electron chi connectivity index (χ1n) is 10.6. The topological polar surface area (TPSA) is 81.8 Å². The van der Waals surface area contributed by atoms with Crippen molar-refractivity contribution in [3.63, 3.8) is 0 Å². The zero-order valence-corrected chi connectivity index (χ0v) is 18.2. The van der Waals surface area contributed by atoms with Gasteiger partial charge in [-0.05, 0) is 60.6 Å². The van der Waals surface area contributed by atoms with E-state index in [1.54, 1.807) is 6.92 Å². The Hall–Kier alpha value is -3.35. The second kappa shape index (κ2) is 8.06. The third-order valence-corrected chi connectivity index (χ3v) is 6.19. The van der Waals surface area contributed by atoms with Crippen LogP contribution in [0, 0.1) is 0 Å². The Morgan fingerprint density at radius 1 is 1.10 bits per heavy atom. The lowest BCUT2D eigenvalue weighted by Gasteiger charge is -2.23. The number of imide groups is 1. The molecule has 1 atom stereocenters. The van der Waals surface area contributed by atoms with Gasteiger partial charge in [-0.15, -0.1) is 0 Å². The van der Waals surface area contributed by atoms with Gasteiger partial charge in [0.2, 0.25) is 5.91 Å². The van der Waals surface area contributed by atoms with Crippen molar-refractivity contribution in [2.45, 2.75) is 38.3 Å². The summed E-state index contributed by atoms with van der Waals surface area (Å²) in [5.74, 6) is -0.778. The second-order valence-corrected chi connectivity index (χ2v) is 8.62. The number of rotatable bonds is 6. The molecule has 1 aliphatic heterocycles. The van der Waals surface area contributed by atoms with E-state index in [9.17, 15) is 14.4 Å². The van der Waals surface area contributed by atoms with Crippen LogP contribution in [0.3, 0.4) is 0 Å². The average molecular weight is 421 g/mol. The average Bonchev–Trinajstić information content (AvgIpc) is 3.31. The molecular weight excluding hydrogens is 392 g/mol. The van der Waals surface area contributed by atoms with Crippen LogP contribution in [0.25, 0.3) is 0 Å². The number of fused-ring (bicyclic) bond motifs is 1. The molecule has 7 heteroatoms. The van der Waals surface area contributed by atoms with Crippen molar-refractivity contribution < 1.29 is 14.4 Å². The monoisotopic (exact) mass is 420 g/mol. The Morgan fingerprint density at radius 2 is 1.81 bits per heavy atom. The lowest BCUT2D eigenvalue weighted by atomic mass is 9.89. The molecule has 1 aliphatic carbocycles. The van der Waals surface area contributed by atoms with E-state index in [-0.39, 0.29) is 12.5 Å². The largest absolute Gasteiger partial charge is 0.378 e. The predicted octanol–water partition coefficient (Wildman–Crippen LogP) is 2.32. The van der Waals surface area contributed by atoms with Crippen molar-refractivity contribution in [1.29, 1.82) is 0 Å². The summed E-state index contributed by atoms with van der Waals surface area (Å²) in [7, 11) is 3.93. The van der Waals surface area contributed by atoms with Crippen molar-refractivity contribution >= 4 is 23.5 Å². The summed E-state index contributed by atoms with van der Waals surface area (Å²) < 4.78 is 0. The van der Waals surface area contributed by atoms with Crippen LogP contribution in [0.4, 0.5) is 10.5 Å². The number of hydrogen-bond acceptors (Lipinski definition) is 4. The summed E-state index contributed by atoms with van der Waals surface area (Å²) in [5.41, 5.74) is 4.16. The van der Waals surface area contributed by atoms with E-state index in [0.717, 1.165) is 41.0 Å². The zero-order chi connectivity index (χ0) is 22.2. The molecule has 162 valence electrons. The number of hydrogen-bond donors (Lipinski definition) is 2. The maximum absolute atomic E-state index is 13.1. The van der Waals surface area contributed by atoms with Crippen LogP contribution in [0.2, 0.25) is 0 Å². The van der Waals surface area contributed by atoms with Crippen LogP contribution in [-0.2, 0) is 34.5 Å². The fourth-order valence-corrected chi connectivity index (χ4v) is 4.23. The minimum absolute atomic E-state index is 0.305. The lowest BCUT2D eigenvalue weighted by molar-refractivity contribution is -0.134. The molecule has 0 radical (unpaired) electrons. The third kappa shape index (κ3) is 4.00. The van der Waals surface area contributed by atoms with Gasteiger partial charge in [-0.25, -0.2) is 4.79 Å². The van der Waals surface area contributed by atoms with Crippen LogP contribution >= 0.6 is 0 Å². The molecule has 4 rings (SSSR count). The van der Waals surface area contributed by atoms with Gasteiger partial charge in [-0.2, -0.15) is 0 Å². The highest BCUT2D eigenvalue weighted by Crippen LogP contribution is 2.32. The number of urea groups is 1. The number of benzene rings is 2. The summed E-state index contributed by atoms with van der Waals surface area (Å²) >= 11 is 0. The van der Waals surface area contributed by atoms with Crippen LogP contribution < -0.4 is 15.5 Å². The van der Waals surface area contributed by atoms with Gasteiger partial charge in [-0.1, -0.05) is 30.3 Å². The minimum Gasteiger partial charge on any atom is -0.378 e. The highest BCUT2D eigenvalue weighted by atomic mass is 16.2. The molecular formula is C24H28N4O3. The van der Waals surface area contributed by atoms with Gasteiger partial charge in [-0.3, -0.25) is 14.5 Å². The Labute approximate surface area is 182 Å². The van der Waals surface area contributed by atoms with Gasteiger partial charge in [0.05, 0.1) is 0 Å². The maximum Gasteiger partial charge on any atom is 0.325 e. The molecule has 2 aliphatic rings. The highest BCUT2D eigenvalue weighted by Gasteiger charge is 2.49. The smallest absolute Gasteiger partial charge is 0.325 e. The first kappa shape index (κ1) is 20.9. The Morgan fingerprint density at radius 3 is 2.52 bits per heavy atom. The predicted molar refractivity (Wildman–Crippen MR) is 119 cm³/mol. The molecule has 7 nitrogen and oxygen atoms in total. The molecule has 31 heavy (non-hydrogen) atoms. The van der Waals surface area contributed by atoms with Gasteiger partial charge in [0.25, 0.3) is 5.91 Å². The van der Waals surface area contributed by atoms with Crippen molar-refractivity contribution in [3.05, 3.63) is 64.7 Å². The molecule has 1 fully saturated rings. The molecule has 2 aromatic rings. The van der Waals surface area contributed by atoms with Gasteiger partial charge < -0.3 is 15.5 Å². The van der Waals surface area contributed by atoms with Crippen LogP contribution in [0.5, 0.6) is 0 Å². The Kier molecular flexibility index (Phi) is 5.43. The van der Waals surface area contributed by atoms with E-state index in [2.05, 4.69) is 10.6 Å². The van der Waals surface area contributed by atoms with Crippen LogP contribution in [-0.4, -0.2) is 43.4 Å². The van der Waals surface area contributed by atoms with E-state index >= 15 is 0 Å². The summed E-state index contributed by atoms with van der Waals surface area (Å²) in [6.45, 7) is 1.73. The number of carbonyl (C=O) groups excluding carboxylic acids is 3. The van der Waals surface area contributed by atoms with E-state index in [1.165, 1.54) is 11.1 Å². The van der Waals surface area contributed by atoms with E-state index < -0.39 is 17.5 Å². The van der Waals surface area contributed by atoms with Crippen molar-refractivity contribution in [1.82, 2.24) is 15.5 Å². The molecule has 2 aromatic carbocycles. The van der Waals surface area contributed by atoms with Crippen molar-refractivity contribution in [2.75, 3.05) is 25.5 Å². The summed E-state index contributed by atoms with van der Waals surface area (Å²) in [5, 5.41) is 5.58. The SMILES string of the molecule is CN(C)c1ccc(CNC(=O)CN2C(=O)N[C@](C)(c3ccc4c(c3)CCC4)C2=O)cc1. The molecule has 0 aromatic heterocycles. The number of aryl methyl sites for hydroxylation is 2. The second-order valence-electron chi connectivity index (χ2n) is 8.62. The van der Waals surface area contributed by atoms with Gasteiger partial charge >= 0.3 is 6.03 Å². The van der Waals surface area contributed by atoms with Crippen LogP contribution in [0.1, 0.15) is 35.6 Å². The number of carbonyl (C=O) groups is 3. The maximum atomic E-state index is 13.1. The Balaban J connectivity index is 1.40. The molecule has 1 heterocycles. The number of nitrogens with zero attached hydrogens (tertiary/aromatic N) is 2. The molecule has 1 saturated heterocycles. The fraction of sp³-hybridized carbons (Fsp3) is 0.375. The summed E-state index contributed by atoms with van der Waals surface area (Å²) in [4.78, 5) is 41.1. The van der Waals surface area contributed by atoms with E-state index in [0.29, 0.717) is 6.54 Å². The van der Waals surface area contributed by atoms with Gasteiger partial charge in [0, 0.05) is 26.3 Å². The molecule has 2 N–H and O–H groups in total. The number of nitrogens with one attached hydrogen (secondary N) is 2. The minimum atomic E-state index is -1.16. The summed E-state index contributed by atoms with van der Waals surface area (Å²) in [6.07, 6.45) is 3.15. The molecule has 0 saturated carbocycles. The zero-order valence-electron chi connectivity index (χ0n) is 18.2. The van der Waals surface area contributed by atoms with E-state index in [1.807, 2.05) is 61.5 Å². The fourth-order valence-electron chi connectivity index (χ4n) is 4.23. The molecule has 0 unspecified atom stereocenters. The highest BCUT2D eigenvalue weighted by molar-refractivity contribution is 6.09. The number of amides is 4. The first-order valence-corrected chi connectivity index (χ1v) is 10.6. The van der Waals surface area contributed by atoms with Crippen molar-refractivity contribution in [2.24, 2.45) is 0 Å². The first-order chi connectivity index (χ1) is 14.8. The molecule has 0 spiro atoms. The standard InChI is InChI=1S/C24H28N4O3/c1-24(19-10-9-17-5-4-6-18(17)13-19)22(30)28(23(31)26-24)15-21(29)25-14-16-7-11-20(12-8-16)27(2)3/h7-13H,4-6,14-15H2,1-3H3,(H,25,29)(H,26,31)/t24-/m1/s1. The lowest BCUT2D eigenvalue weighted by Crippen LogP contribution is -2.43. The van der Waals surface area contributed by atoms with Gasteiger partial charge in [0.1, 0.15) is 12.1 Å². The quantitative estimate of drug-likeness (QED) is 0.703.